The maximum absolute atomic E-state index is 12.9. The first-order chi connectivity index (χ1) is 7.96. The third kappa shape index (κ3) is 2.17. The Hall–Kier alpha value is -1.07. The summed E-state index contributed by atoms with van der Waals surface area (Å²) in [4.78, 5) is 11.1. The number of nitrogens with two attached hydrogens (primary N) is 1. The standard InChI is InChI=1S/C12H14FNO2S/c13-9-5-3-8(4-6-9)12(17,7-1-2-7)10(14)11(15)16/h3-7,10,17H,1-2,14H2,(H,15,16). The molecule has 92 valence electrons. The van der Waals surface area contributed by atoms with Gasteiger partial charge in [-0.05, 0) is 36.5 Å². The number of hydrogen-bond acceptors (Lipinski definition) is 3. The summed E-state index contributed by atoms with van der Waals surface area (Å²) in [5.74, 6) is -1.30. The van der Waals surface area contributed by atoms with Crippen LogP contribution in [0.1, 0.15) is 18.4 Å². The highest BCUT2D eigenvalue weighted by Gasteiger charge is 2.50. The molecule has 1 aromatic rings. The first-order valence-corrected chi connectivity index (χ1v) is 5.87. The summed E-state index contributed by atoms with van der Waals surface area (Å²) in [5, 5.41) is 9.06. The van der Waals surface area contributed by atoms with Crippen molar-refractivity contribution in [2.45, 2.75) is 23.6 Å². The van der Waals surface area contributed by atoms with Crippen LogP contribution < -0.4 is 5.73 Å². The van der Waals surface area contributed by atoms with Crippen molar-refractivity contribution in [3.63, 3.8) is 0 Å². The maximum atomic E-state index is 12.9. The summed E-state index contributed by atoms with van der Waals surface area (Å²) in [6.45, 7) is 0. The molecule has 2 unspecified atom stereocenters. The molecule has 0 heterocycles. The van der Waals surface area contributed by atoms with Gasteiger partial charge in [-0.15, -0.1) is 0 Å². The SMILES string of the molecule is NC(C(=O)O)C(S)(c1ccc(F)cc1)C1CC1. The van der Waals surface area contributed by atoms with Gasteiger partial charge in [0.2, 0.25) is 0 Å². The largest absolute Gasteiger partial charge is 0.480 e. The van der Waals surface area contributed by atoms with Gasteiger partial charge >= 0.3 is 5.97 Å². The number of hydrogen-bond donors (Lipinski definition) is 3. The molecule has 0 aliphatic heterocycles. The van der Waals surface area contributed by atoms with E-state index in [0.29, 0.717) is 5.56 Å². The monoisotopic (exact) mass is 255 g/mol. The lowest BCUT2D eigenvalue weighted by Gasteiger charge is -2.32. The van der Waals surface area contributed by atoms with Gasteiger partial charge in [0.1, 0.15) is 11.9 Å². The van der Waals surface area contributed by atoms with Crippen molar-refractivity contribution in [1.29, 1.82) is 0 Å². The van der Waals surface area contributed by atoms with E-state index in [0.717, 1.165) is 12.8 Å². The Labute approximate surface area is 104 Å². The van der Waals surface area contributed by atoms with Crippen molar-refractivity contribution in [1.82, 2.24) is 0 Å². The fourth-order valence-corrected chi connectivity index (χ4v) is 2.62. The van der Waals surface area contributed by atoms with Gasteiger partial charge < -0.3 is 10.8 Å². The lowest BCUT2D eigenvalue weighted by atomic mass is 9.86. The van der Waals surface area contributed by atoms with E-state index in [4.69, 9.17) is 10.8 Å². The quantitative estimate of drug-likeness (QED) is 0.718. The molecule has 0 saturated heterocycles. The van der Waals surface area contributed by atoms with Crippen molar-refractivity contribution in [3.8, 4) is 0 Å². The van der Waals surface area contributed by atoms with Crippen LogP contribution in [0.4, 0.5) is 4.39 Å². The zero-order chi connectivity index (χ0) is 12.6. The van der Waals surface area contributed by atoms with Gasteiger partial charge in [0, 0.05) is 0 Å². The lowest BCUT2D eigenvalue weighted by Crippen LogP contribution is -2.48. The highest BCUT2D eigenvalue weighted by molar-refractivity contribution is 7.81. The van der Waals surface area contributed by atoms with E-state index < -0.39 is 16.8 Å². The molecule has 0 aromatic heterocycles. The summed E-state index contributed by atoms with van der Waals surface area (Å²) in [6.07, 6.45) is 1.81. The number of carbonyl (C=O) groups is 1. The fourth-order valence-electron chi connectivity index (χ4n) is 2.10. The molecule has 0 spiro atoms. The summed E-state index contributed by atoms with van der Waals surface area (Å²) < 4.78 is 12.0. The second kappa shape index (κ2) is 4.31. The molecule has 0 amide bonds. The molecule has 3 N–H and O–H groups in total. The Bertz CT molecular complexity index is 433. The van der Waals surface area contributed by atoms with Crippen LogP contribution in [0.15, 0.2) is 24.3 Å². The van der Waals surface area contributed by atoms with E-state index in [1.165, 1.54) is 12.1 Å². The molecule has 1 aromatic carbocycles. The zero-order valence-electron chi connectivity index (χ0n) is 9.14. The average Bonchev–Trinajstić information content (AvgIpc) is 3.12. The summed E-state index contributed by atoms with van der Waals surface area (Å²) in [7, 11) is 0. The predicted molar refractivity (Wildman–Crippen MR) is 65.4 cm³/mol. The Balaban J connectivity index is 2.40. The number of carboxylic acids is 1. The van der Waals surface area contributed by atoms with Crippen LogP contribution in [0, 0.1) is 11.7 Å². The zero-order valence-corrected chi connectivity index (χ0v) is 10.0. The summed E-state index contributed by atoms with van der Waals surface area (Å²) in [5.41, 5.74) is 6.40. The maximum Gasteiger partial charge on any atom is 0.322 e. The Morgan fingerprint density at radius 2 is 2.00 bits per heavy atom. The third-order valence-corrected chi connectivity index (χ3v) is 4.15. The van der Waals surface area contributed by atoms with Crippen molar-refractivity contribution in [3.05, 3.63) is 35.6 Å². The van der Waals surface area contributed by atoms with Crippen molar-refractivity contribution >= 4 is 18.6 Å². The first-order valence-electron chi connectivity index (χ1n) is 5.43. The fraction of sp³-hybridized carbons (Fsp3) is 0.417. The van der Waals surface area contributed by atoms with Gasteiger partial charge in [-0.3, -0.25) is 4.79 Å². The van der Waals surface area contributed by atoms with Crippen molar-refractivity contribution in [2.24, 2.45) is 11.7 Å². The van der Waals surface area contributed by atoms with Gasteiger partial charge in [0.05, 0.1) is 4.75 Å². The molecule has 3 nitrogen and oxygen atoms in total. The van der Waals surface area contributed by atoms with Crippen LogP contribution in [-0.2, 0) is 9.54 Å². The Morgan fingerprint density at radius 1 is 1.47 bits per heavy atom. The smallest absolute Gasteiger partial charge is 0.322 e. The van der Waals surface area contributed by atoms with Gasteiger partial charge in [-0.2, -0.15) is 12.6 Å². The van der Waals surface area contributed by atoms with Gasteiger partial charge in [0.15, 0.2) is 0 Å². The molecule has 1 saturated carbocycles. The van der Waals surface area contributed by atoms with Crippen LogP contribution in [0.3, 0.4) is 0 Å². The van der Waals surface area contributed by atoms with E-state index >= 15 is 0 Å². The van der Waals surface area contributed by atoms with Crippen LogP contribution in [0.25, 0.3) is 0 Å². The average molecular weight is 255 g/mol. The van der Waals surface area contributed by atoms with Gasteiger partial charge in [-0.1, -0.05) is 12.1 Å². The van der Waals surface area contributed by atoms with Crippen molar-refractivity contribution in [2.75, 3.05) is 0 Å². The summed E-state index contributed by atoms with van der Waals surface area (Å²) in [6, 6.07) is 4.63. The number of benzene rings is 1. The second-order valence-corrected chi connectivity index (χ2v) is 5.16. The highest BCUT2D eigenvalue weighted by Crippen LogP contribution is 2.51. The number of thiol groups is 1. The first kappa shape index (κ1) is 12.4. The van der Waals surface area contributed by atoms with Crippen LogP contribution >= 0.6 is 12.6 Å². The van der Waals surface area contributed by atoms with Crippen LogP contribution in [-0.4, -0.2) is 17.1 Å². The van der Waals surface area contributed by atoms with Crippen LogP contribution in [0.5, 0.6) is 0 Å². The molecule has 2 rings (SSSR count). The minimum absolute atomic E-state index is 0.141. The topological polar surface area (TPSA) is 63.3 Å². The number of aliphatic carboxylic acids is 1. The second-order valence-electron chi connectivity index (χ2n) is 4.42. The van der Waals surface area contributed by atoms with E-state index in [2.05, 4.69) is 12.6 Å². The van der Waals surface area contributed by atoms with Crippen LogP contribution in [0.2, 0.25) is 0 Å². The van der Waals surface area contributed by atoms with E-state index in [-0.39, 0.29) is 11.7 Å². The molecule has 5 heteroatoms. The molecular weight excluding hydrogens is 241 g/mol. The Morgan fingerprint density at radius 3 is 2.41 bits per heavy atom. The predicted octanol–water partition coefficient (Wildman–Crippen LogP) is 1.77. The number of carboxylic acid groups (broad SMARTS) is 1. The minimum Gasteiger partial charge on any atom is -0.480 e. The molecular formula is C12H14FNO2S. The van der Waals surface area contributed by atoms with E-state index in [9.17, 15) is 9.18 Å². The molecule has 0 bridgehead atoms. The van der Waals surface area contributed by atoms with E-state index in [1.807, 2.05) is 0 Å². The third-order valence-electron chi connectivity index (χ3n) is 3.25. The highest BCUT2D eigenvalue weighted by atomic mass is 32.1. The lowest BCUT2D eigenvalue weighted by molar-refractivity contribution is -0.139. The number of rotatable bonds is 4. The molecule has 1 aliphatic carbocycles. The molecule has 1 fully saturated rings. The molecule has 17 heavy (non-hydrogen) atoms. The summed E-state index contributed by atoms with van der Waals surface area (Å²) >= 11 is 4.51. The van der Waals surface area contributed by atoms with Crippen molar-refractivity contribution < 1.29 is 14.3 Å². The van der Waals surface area contributed by atoms with Gasteiger partial charge in [-0.25, -0.2) is 4.39 Å². The Kier molecular flexibility index (Phi) is 3.14. The normalized spacial score (nSPS) is 20.6. The molecule has 2 atom stereocenters. The minimum atomic E-state index is -1.09. The van der Waals surface area contributed by atoms with Gasteiger partial charge in [0.25, 0.3) is 0 Å². The molecule has 1 aliphatic rings. The van der Waals surface area contributed by atoms with E-state index in [1.54, 1.807) is 12.1 Å². The number of halogens is 1. The molecule has 0 radical (unpaired) electrons.